The van der Waals surface area contributed by atoms with Gasteiger partial charge in [0, 0.05) is 18.9 Å². The van der Waals surface area contributed by atoms with Crippen molar-refractivity contribution in [2.24, 2.45) is 11.0 Å². The van der Waals surface area contributed by atoms with E-state index in [0.717, 1.165) is 24.3 Å². The predicted molar refractivity (Wildman–Crippen MR) is 117 cm³/mol. The first-order valence-electron chi connectivity index (χ1n) is 10.5. The van der Waals surface area contributed by atoms with Gasteiger partial charge in [-0.1, -0.05) is 18.2 Å². The Morgan fingerprint density at radius 1 is 1.14 bits per heavy atom. The molecule has 0 spiro atoms. The predicted octanol–water partition coefficient (Wildman–Crippen LogP) is 5.50. The molecule has 0 saturated heterocycles. The number of hydrogen-bond acceptors (Lipinski definition) is 6. The highest BCUT2D eigenvalue weighted by Gasteiger charge is 2.40. The van der Waals surface area contributed by atoms with Crippen molar-refractivity contribution in [3.63, 3.8) is 0 Å². The van der Waals surface area contributed by atoms with Crippen LogP contribution in [0.5, 0.6) is 5.75 Å². The normalized spacial score (nSPS) is 16.3. The molecule has 1 aliphatic heterocycles. The zero-order valence-electron chi connectivity index (χ0n) is 18.8. The molecule has 0 radical (unpaired) electrons. The van der Waals surface area contributed by atoms with Crippen LogP contribution in [0.1, 0.15) is 25.0 Å². The molecule has 3 aromatic rings. The van der Waals surface area contributed by atoms with Crippen molar-refractivity contribution in [1.29, 1.82) is 0 Å². The molecule has 2 aromatic carbocycles. The van der Waals surface area contributed by atoms with Gasteiger partial charge in [-0.3, -0.25) is 9.59 Å². The van der Waals surface area contributed by atoms with Crippen LogP contribution in [0.2, 0.25) is 0 Å². The quantitative estimate of drug-likeness (QED) is 0.311. The van der Waals surface area contributed by atoms with Gasteiger partial charge in [0.05, 0.1) is 23.2 Å². The summed E-state index contributed by atoms with van der Waals surface area (Å²) >= 11 is 0. The number of amides is 1. The highest BCUT2D eigenvalue weighted by molar-refractivity contribution is 6.27. The lowest BCUT2D eigenvalue weighted by Crippen LogP contribution is -2.33. The number of ketones is 1. The molecule has 36 heavy (non-hydrogen) atoms. The van der Waals surface area contributed by atoms with Crippen LogP contribution in [0.4, 0.5) is 27.6 Å². The van der Waals surface area contributed by atoms with Gasteiger partial charge < -0.3 is 9.15 Å². The molecule has 1 amide bonds. The van der Waals surface area contributed by atoms with Crippen LogP contribution in [-0.4, -0.2) is 28.7 Å². The van der Waals surface area contributed by atoms with Gasteiger partial charge in [0.15, 0.2) is 5.78 Å². The van der Waals surface area contributed by atoms with Crippen molar-refractivity contribution in [3.8, 4) is 17.2 Å². The molecule has 0 fully saturated rings. The molecule has 0 saturated carbocycles. The molecule has 0 N–H and O–H groups in total. The van der Waals surface area contributed by atoms with Crippen molar-refractivity contribution in [3.05, 3.63) is 66.1 Å². The molecule has 0 bridgehead atoms. The molecule has 1 aliphatic rings. The Bertz CT molecular complexity index is 1330. The average molecular weight is 507 g/mol. The fraction of sp³-hybridized carbons (Fsp3) is 0.250. The lowest BCUT2D eigenvalue weighted by atomic mass is 9.93. The highest BCUT2D eigenvalue weighted by Crippen LogP contribution is 2.37. The Morgan fingerprint density at radius 2 is 1.89 bits per heavy atom. The fourth-order valence-electron chi connectivity index (χ4n) is 3.77. The number of hydrogen-bond donors (Lipinski definition) is 0. The second-order valence-electron chi connectivity index (χ2n) is 8.12. The average Bonchev–Trinajstić information content (AvgIpc) is 3.40. The topological polar surface area (TPSA) is 85.0 Å². The van der Waals surface area contributed by atoms with Gasteiger partial charge >= 0.3 is 6.36 Å². The number of rotatable bonds is 7. The van der Waals surface area contributed by atoms with E-state index >= 15 is 0 Å². The number of hydrazone groups is 1. The van der Waals surface area contributed by atoms with E-state index in [0.29, 0.717) is 5.56 Å². The van der Waals surface area contributed by atoms with Gasteiger partial charge in [-0.2, -0.15) is 10.1 Å². The van der Waals surface area contributed by atoms with Gasteiger partial charge in [-0.15, -0.1) is 13.2 Å². The van der Waals surface area contributed by atoms with Crippen LogP contribution < -0.4 is 9.75 Å². The first kappa shape index (κ1) is 25.0. The van der Waals surface area contributed by atoms with Crippen molar-refractivity contribution < 1.29 is 40.7 Å². The zero-order chi connectivity index (χ0) is 26.3. The standard InChI is InChI=1S/C24H18F5N3O4/c1-13-20(18(33)11-14-4-3-5-15(10-14)23(2,25)26)22(34)32(31-13)16-6-7-19(36-24(27,28)29)17(12-16)21-30-8-9-35-21/h3-10,12,20H,11H2,1-2H3. The number of alkyl halides is 5. The maximum atomic E-state index is 13.6. The number of anilines is 1. The van der Waals surface area contributed by atoms with E-state index in [2.05, 4.69) is 14.8 Å². The first-order chi connectivity index (χ1) is 16.8. The van der Waals surface area contributed by atoms with E-state index in [1.807, 2.05) is 0 Å². The third-order valence-corrected chi connectivity index (χ3v) is 5.36. The van der Waals surface area contributed by atoms with Crippen molar-refractivity contribution in [2.45, 2.75) is 32.6 Å². The Kier molecular flexibility index (Phi) is 6.37. The van der Waals surface area contributed by atoms with E-state index in [-0.39, 0.29) is 34.8 Å². The van der Waals surface area contributed by atoms with Gasteiger partial charge in [0.2, 0.25) is 5.89 Å². The van der Waals surface area contributed by atoms with Crippen LogP contribution in [0.3, 0.4) is 0 Å². The van der Waals surface area contributed by atoms with Crippen LogP contribution >= 0.6 is 0 Å². The SMILES string of the molecule is CC1=NN(c2ccc(OC(F)(F)F)c(-c3ncco3)c2)C(=O)C1C(=O)Cc1cccc(C(C)(F)F)c1. The maximum absolute atomic E-state index is 13.6. The number of carbonyl (C=O) groups is 2. The second-order valence-corrected chi connectivity index (χ2v) is 8.12. The first-order valence-corrected chi connectivity index (χ1v) is 10.5. The van der Waals surface area contributed by atoms with Crippen LogP contribution in [0, 0.1) is 5.92 Å². The molecule has 188 valence electrons. The van der Waals surface area contributed by atoms with Gasteiger partial charge in [-0.05, 0) is 36.8 Å². The summed E-state index contributed by atoms with van der Waals surface area (Å²) in [6, 6.07) is 8.65. The molecule has 1 unspecified atom stereocenters. The molecule has 0 aliphatic carbocycles. The zero-order valence-corrected chi connectivity index (χ0v) is 18.8. The number of aromatic nitrogens is 1. The summed E-state index contributed by atoms with van der Waals surface area (Å²) in [5.74, 6) is -6.49. The summed E-state index contributed by atoms with van der Waals surface area (Å²) in [6.07, 6.45) is -2.90. The van der Waals surface area contributed by atoms with E-state index < -0.39 is 35.6 Å². The minimum Gasteiger partial charge on any atom is -0.444 e. The number of nitrogens with zero attached hydrogens (tertiary/aromatic N) is 3. The largest absolute Gasteiger partial charge is 0.573 e. The van der Waals surface area contributed by atoms with Gasteiger partial charge in [-0.25, -0.2) is 13.8 Å². The summed E-state index contributed by atoms with van der Waals surface area (Å²) in [6.45, 7) is 2.19. The van der Waals surface area contributed by atoms with Crippen LogP contribution in [0.25, 0.3) is 11.5 Å². The Morgan fingerprint density at radius 3 is 2.53 bits per heavy atom. The Hall–Kier alpha value is -4.09. The number of ether oxygens (including phenoxy) is 1. The van der Waals surface area contributed by atoms with E-state index in [4.69, 9.17) is 4.42 Å². The highest BCUT2D eigenvalue weighted by atomic mass is 19.4. The minimum atomic E-state index is -4.99. The van der Waals surface area contributed by atoms with Crippen molar-refractivity contribution in [1.82, 2.24) is 4.98 Å². The van der Waals surface area contributed by atoms with Crippen molar-refractivity contribution >= 4 is 23.1 Å². The summed E-state index contributed by atoms with van der Waals surface area (Å²) < 4.78 is 75.0. The lowest BCUT2D eigenvalue weighted by molar-refractivity contribution is -0.274. The third-order valence-electron chi connectivity index (χ3n) is 5.36. The van der Waals surface area contributed by atoms with E-state index in [1.165, 1.54) is 49.5 Å². The number of oxazole rings is 1. The second kappa shape index (κ2) is 9.17. The van der Waals surface area contributed by atoms with E-state index in [1.54, 1.807) is 0 Å². The number of Topliss-reactive ketones (excluding diaryl/α,β-unsaturated/α-hetero) is 1. The maximum Gasteiger partial charge on any atom is 0.573 e. The number of benzene rings is 2. The third kappa shape index (κ3) is 5.26. The molecule has 4 rings (SSSR count). The molecular weight excluding hydrogens is 489 g/mol. The van der Waals surface area contributed by atoms with Crippen molar-refractivity contribution in [2.75, 3.05) is 5.01 Å². The van der Waals surface area contributed by atoms with E-state index in [9.17, 15) is 31.5 Å². The van der Waals surface area contributed by atoms with Gasteiger partial charge in [0.1, 0.15) is 17.9 Å². The lowest BCUT2D eigenvalue weighted by Gasteiger charge is -2.17. The summed E-state index contributed by atoms with van der Waals surface area (Å²) in [4.78, 5) is 29.9. The molecule has 1 aromatic heterocycles. The van der Waals surface area contributed by atoms with Crippen LogP contribution in [-0.2, 0) is 21.9 Å². The molecule has 7 nitrogen and oxygen atoms in total. The summed E-state index contributed by atoms with van der Waals surface area (Å²) in [5.41, 5.74) is 0.0403. The minimum absolute atomic E-state index is 0.0463. The Labute approximate surface area is 201 Å². The Balaban J connectivity index is 1.60. The van der Waals surface area contributed by atoms with Crippen LogP contribution in [0.15, 0.2) is 64.4 Å². The number of carbonyl (C=O) groups excluding carboxylic acids is 2. The molecular formula is C24H18F5N3O4. The molecule has 12 heteroatoms. The smallest absolute Gasteiger partial charge is 0.444 e. The van der Waals surface area contributed by atoms with Gasteiger partial charge in [0.25, 0.3) is 11.8 Å². The summed E-state index contributed by atoms with van der Waals surface area (Å²) in [5, 5.41) is 5.00. The number of halogens is 5. The molecule has 1 atom stereocenters. The monoisotopic (exact) mass is 507 g/mol. The molecule has 2 heterocycles. The fourth-order valence-corrected chi connectivity index (χ4v) is 3.77. The summed E-state index contributed by atoms with van der Waals surface area (Å²) in [7, 11) is 0.